The van der Waals surface area contributed by atoms with Crippen molar-refractivity contribution in [1.82, 2.24) is 25.0 Å². The summed E-state index contributed by atoms with van der Waals surface area (Å²) in [6.45, 7) is 5.68. The predicted octanol–water partition coefficient (Wildman–Crippen LogP) is 3.31. The maximum atomic E-state index is 12.7. The fourth-order valence-corrected chi connectivity index (χ4v) is 3.73. The maximum Gasteiger partial charge on any atom is 0.291 e. The number of para-hydroxylation sites is 1. The van der Waals surface area contributed by atoms with Crippen molar-refractivity contribution in [3.63, 3.8) is 0 Å². The molecule has 0 radical (unpaired) electrons. The van der Waals surface area contributed by atoms with Gasteiger partial charge >= 0.3 is 0 Å². The number of rotatable bonds is 7. The lowest BCUT2D eigenvalue weighted by atomic mass is 9.93. The number of thiophene rings is 1. The van der Waals surface area contributed by atoms with Gasteiger partial charge in [-0.15, -0.1) is 16.4 Å². The Morgan fingerprint density at radius 2 is 1.93 bits per heavy atom. The van der Waals surface area contributed by atoms with Gasteiger partial charge in [0.1, 0.15) is 0 Å². The van der Waals surface area contributed by atoms with E-state index in [0.717, 1.165) is 17.1 Å². The van der Waals surface area contributed by atoms with Gasteiger partial charge in [0, 0.05) is 13.1 Å². The summed E-state index contributed by atoms with van der Waals surface area (Å²) in [5, 5.41) is 9.46. The van der Waals surface area contributed by atoms with E-state index in [1.165, 1.54) is 0 Å². The molecule has 0 aliphatic carbocycles. The van der Waals surface area contributed by atoms with Crippen LogP contribution in [0.25, 0.3) is 16.4 Å². The highest BCUT2D eigenvalue weighted by atomic mass is 32.1. The van der Waals surface area contributed by atoms with Crippen LogP contribution in [0.4, 0.5) is 0 Å². The van der Waals surface area contributed by atoms with E-state index in [4.69, 9.17) is 0 Å². The van der Waals surface area contributed by atoms with Gasteiger partial charge in [-0.1, -0.05) is 38.1 Å². The summed E-state index contributed by atoms with van der Waals surface area (Å²) in [7, 11) is 4.06. The van der Waals surface area contributed by atoms with E-state index in [1.54, 1.807) is 16.0 Å². The molecular formula is C20H25N5OS. The van der Waals surface area contributed by atoms with E-state index in [2.05, 4.69) is 34.1 Å². The first-order valence-corrected chi connectivity index (χ1v) is 9.73. The quantitative estimate of drug-likeness (QED) is 0.680. The van der Waals surface area contributed by atoms with Crippen molar-refractivity contribution >= 4 is 17.2 Å². The highest BCUT2D eigenvalue weighted by Gasteiger charge is 2.23. The van der Waals surface area contributed by atoms with Crippen molar-refractivity contribution in [3.05, 3.63) is 53.7 Å². The summed E-state index contributed by atoms with van der Waals surface area (Å²) in [6, 6.07) is 13.7. The number of hydrogen-bond acceptors (Lipinski definition) is 5. The minimum atomic E-state index is -0.255. The van der Waals surface area contributed by atoms with Gasteiger partial charge in [-0.25, -0.2) is 9.67 Å². The Morgan fingerprint density at radius 1 is 1.19 bits per heavy atom. The Kier molecular flexibility index (Phi) is 5.72. The SMILES string of the molecule is CN(C)CC(C)(C)CNC(=O)c1nc(-c2cccs2)n(-c2ccccc2)n1. The van der Waals surface area contributed by atoms with Gasteiger partial charge in [0.2, 0.25) is 5.82 Å². The van der Waals surface area contributed by atoms with Crippen LogP contribution in [0, 0.1) is 5.41 Å². The highest BCUT2D eigenvalue weighted by molar-refractivity contribution is 7.13. The number of nitrogens with one attached hydrogen (secondary N) is 1. The Labute approximate surface area is 163 Å². The zero-order chi connectivity index (χ0) is 19.4. The molecule has 1 aromatic carbocycles. The van der Waals surface area contributed by atoms with E-state index in [0.29, 0.717) is 12.4 Å². The molecule has 27 heavy (non-hydrogen) atoms. The van der Waals surface area contributed by atoms with Gasteiger partial charge in [0.05, 0.1) is 10.6 Å². The minimum Gasteiger partial charge on any atom is -0.349 e. The molecule has 0 aliphatic rings. The molecule has 0 spiro atoms. The third-order valence-corrected chi connectivity index (χ3v) is 4.89. The standard InChI is InChI=1S/C20H25N5OS/c1-20(2,14-24(3)4)13-21-19(26)17-22-18(16-11-8-12-27-16)25(23-17)15-9-6-5-7-10-15/h5-12H,13-14H2,1-4H3,(H,21,26). The van der Waals surface area contributed by atoms with Crippen molar-refractivity contribution < 1.29 is 4.79 Å². The van der Waals surface area contributed by atoms with Gasteiger partial charge in [-0.05, 0) is 43.1 Å². The maximum absolute atomic E-state index is 12.7. The van der Waals surface area contributed by atoms with Crippen LogP contribution in [0.1, 0.15) is 24.5 Å². The second-order valence-electron chi connectivity index (χ2n) is 7.57. The molecule has 6 nitrogen and oxygen atoms in total. The largest absolute Gasteiger partial charge is 0.349 e. The number of amides is 1. The topological polar surface area (TPSA) is 63.1 Å². The van der Waals surface area contributed by atoms with Crippen molar-refractivity contribution in [2.24, 2.45) is 5.41 Å². The second kappa shape index (κ2) is 8.02. The van der Waals surface area contributed by atoms with Gasteiger partial charge in [-0.2, -0.15) is 0 Å². The highest BCUT2D eigenvalue weighted by Crippen LogP contribution is 2.25. The van der Waals surface area contributed by atoms with Gasteiger partial charge in [-0.3, -0.25) is 4.79 Å². The molecule has 3 aromatic rings. The third-order valence-electron chi connectivity index (χ3n) is 4.02. The van der Waals surface area contributed by atoms with Crippen LogP contribution in [-0.4, -0.2) is 52.8 Å². The normalized spacial score (nSPS) is 11.7. The summed E-state index contributed by atoms with van der Waals surface area (Å²) in [6.07, 6.45) is 0. The van der Waals surface area contributed by atoms with Crippen LogP contribution in [0.15, 0.2) is 47.8 Å². The van der Waals surface area contributed by atoms with E-state index >= 15 is 0 Å². The molecule has 0 atom stereocenters. The molecule has 1 amide bonds. The molecule has 0 saturated carbocycles. The molecule has 0 bridgehead atoms. The zero-order valence-corrected chi connectivity index (χ0v) is 17.0. The lowest BCUT2D eigenvalue weighted by Gasteiger charge is -2.28. The summed E-state index contributed by atoms with van der Waals surface area (Å²) >= 11 is 1.57. The molecule has 142 valence electrons. The van der Waals surface area contributed by atoms with Crippen LogP contribution < -0.4 is 5.32 Å². The number of carbonyl (C=O) groups is 1. The van der Waals surface area contributed by atoms with Gasteiger partial charge < -0.3 is 10.2 Å². The molecule has 0 aliphatic heterocycles. The molecule has 0 saturated heterocycles. The lowest BCUT2D eigenvalue weighted by Crippen LogP contribution is -2.40. The Balaban J connectivity index is 1.85. The number of benzene rings is 1. The van der Waals surface area contributed by atoms with E-state index in [-0.39, 0.29) is 17.1 Å². The first-order chi connectivity index (χ1) is 12.9. The number of aromatic nitrogens is 3. The van der Waals surface area contributed by atoms with Crippen LogP contribution in [0.3, 0.4) is 0 Å². The average Bonchev–Trinajstić information content (AvgIpc) is 3.28. The van der Waals surface area contributed by atoms with Crippen molar-refractivity contribution in [2.75, 3.05) is 27.2 Å². The van der Waals surface area contributed by atoms with Crippen molar-refractivity contribution in [1.29, 1.82) is 0 Å². The summed E-state index contributed by atoms with van der Waals surface area (Å²) < 4.78 is 1.73. The number of carbonyl (C=O) groups excluding carboxylic acids is 1. The Hall–Kier alpha value is -2.51. The van der Waals surface area contributed by atoms with Crippen LogP contribution in [-0.2, 0) is 0 Å². The molecular weight excluding hydrogens is 358 g/mol. The zero-order valence-electron chi connectivity index (χ0n) is 16.1. The summed E-state index contributed by atoms with van der Waals surface area (Å²) in [5.41, 5.74) is 0.831. The van der Waals surface area contributed by atoms with E-state index in [1.807, 2.05) is 61.9 Å². The van der Waals surface area contributed by atoms with Gasteiger partial charge in [0.25, 0.3) is 5.91 Å². The Morgan fingerprint density at radius 3 is 2.56 bits per heavy atom. The molecule has 3 rings (SSSR count). The predicted molar refractivity (Wildman–Crippen MR) is 109 cm³/mol. The van der Waals surface area contributed by atoms with Crippen LogP contribution >= 0.6 is 11.3 Å². The average molecular weight is 384 g/mol. The fraction of sp³-hybridized carbons (Fsp3) is 0.350. The van der Waals surface area contributed by atoms with E-state index in [9.17, 15) is 4.79 Å². The summed E-state index contributed by atoms with van der Waals surface area (Å²) in [5.74, 6) is 0.603. The van der Waals surface area contributed by atoms with E-state index < -0.39 is 0 Å². The minimum absolute atomic E-state index is 0.0439. The monoisotopic (exact) mass is 383 g/mol. The molecule has 0 unspecified atom stereocenters. The second-order valence-corrected chi connectivity index (χ2v) is 8.52. The van der Waals surface area contributed by atoms with Gasteiger partial charge in [0.15, 0.2) is 5.82 Å². The molecule has 1 N–H and O–H groups in total. The summed E-state index contributed by atoms with van der Waals surface area (Å²) in [4.78, 5) is 20.3. The van der Waals surface area contributed by atoms with Crippen LogP contribution in [0.5, 0.6) is 0 Å². The fourth-order valence-electron chi connectivity index (χ4n) is 3.03. The first kappa shape index (κ1) is 19.3. The number of hydrogen-bond donors (Lipinski definition) is 1. The first-order valence-electron chi connectivity index (χ1n) is 8.85. The van der Waals surface area contributed by atoms with Crippen molar-refractivity contribution in [3.8, 4) is 16.4 Å². The van der Waals surface area contributed by atoms with Crippen LogP contribution in [0.2, 0.25) is 0 Å². The molecule has 2 aromatic heterocycles. The van der Waals surface area contributed by atoms with Crippen molar-refractivity contribution in [2.45, 2.75) is 13.8 Å². The molecule has 2 heterocycles. The number of nitrogens with zero attached hydrogens (tertiary/aromatic N) is 4. The molecule has 0 fully saturated rings. The lowest BCUT2D eigenvalue weighted by molar-refractivity contribution is 0.0919. The Bertz CT molecular complexity index is 885. The molecule has 7 heteroatoms. The smallest absolute Gasteiger partial charge is 0.291 e. The third kappa shape index (κ3) is 4.81.